The molecule has 0 radical (unpaired) electrons. The van der Waals surface area contributed by atoms with Gasteiger partial charge in [0, 0.05) is 25.8 Å². The Morgan fingerprint density at radius 3 is 2.92 bits per heavy atom. The molecule has 4 heterocycles. The van der Waals surface area contributed by atoms with Gasteiger partial charge in [0.25, 0.3) is 11.8 Å². The van der Waals surface area contributed by atoms with E-state index >= 15 is 0 Å². The number of aliphatic hydroxyl groups is 1. The Hall–Kier alpha value is -3.86. The highest BCUT2D eigenvalue weighted by molar-refractivity contribution is 6.08. The molecule has 37 heavy (non-hydrogen) atoms. The number of hydrogen-bond acceptors (Lipinski definition) is 8. The number of benzene rings is 1. The van der Waals surface area contributed by atoms with Crippen molar-refractivity contribution in [2.45, 2.75) is 32.3 Å². The van der Waals surface area contributed by atoms with E-state index in [1.54, 1.807) is 11.1 Å². The molecule has 6 rings (SSSR count). The third kappa shape index (κ3) is 4.55. The molecule has 11 nitrogen and oxygen atoms in total. The Kier molecular flexibility index (Phi) is 6.07. The van der Waals surface area contributed by atoms with Crippen molar-refractivity contribution < 1.29 is 28.9 Å². The number of ether oxygens (including phenoxy) is 3. The lowest BCUT2D eigenvalue weighted by Crippen LogP contribution is -2.37. The number of nitrogens with zero attached hydrogens (tertiary/aromatic N) is 3. The Labute approximate surface area is 213 Å². The average Bonchev–Trinajstić information content (AvgIpc) is 3.26. The zero-order valence-corrected chi connectivity index (χ0v) is 20.5. The Morgan fingerprint density at radius 1 is 1.24 bits per heavy atom. The van der Waals surface area contributed by atoms with Crippen molar-refractivity contribution in [2.75, 3.05) is 33.0 Å². The molecule has 11 heteroatoms. The van der Waals surface area contributed by atoms with E-state index in [9.17, 15) is 14.7 Å². The minimum absolute atomic E-state index is 0.114. The lowest BCUT2D eigenvalue weighted by Gasteiger charge is -2.18. The SMILES string of the molecule is C[C@H](O)C(=O)N1CCC(CNC(=O)c2c[nH]c3c(-c4c(OCC5CC5)ccc5c4OCO5)ncnc23)C1. The first-order valence-corrected chi connectivity index (χ1v) is 12.6. The molecule has 3 aromatic rings. The van der Waals surface area contributed by atoms with Crippen molar-refractivity contribution >= 4 is 22.8 Å². The van der Waals surface area contributed by atoms with Crippen LogP contribution in [0.15, 0.2) is 24.7 Å². The number of likely N-dealkylation sites (tertiary alicyclic amines) is 1. The summed E-state index contributed by atoms with van der Waals surface area (Å²) in [6, 6.07) is 3.70. The van der Waals surface area contributed by atoms with Gasteiger partial charge in [-0.2, -0.15) is 0 Å². The summed E-state index contributed by atoms with van der Waals surface area (Å²) in [7, 11) is 0. The average molecular weight is 508 g/mol. The van der Waals surface area contributed by atoms with Crippen molar-refractivity contribution in [1.29, 1.82) is 0 Å². The van der Waals surface area contributed by atoms with Crippen LogP contribution in [0, 0.1) is 11.8 Å². The van der Waals surface area contributed by atoms with Gasteiger partial charge in [-0.3, -0.25) is 9.59 Å². The zero-order chi connectivity index (χ0) is 25.5. The fourth-order valence-corrected chi connectivity index (χ4v) is 4.89. The van der Waals surface area contributed by atoms with Crippen LogP contribution in [0.1, 0.15) is 36.5 Å². The van der Waals surface area contributed by atoms with E-state index in [4.69, 9.17) is 14.2 Å². The number of fused-ring (bicyclic) bond motifs is 2. The Morgan fingerprint density at radius 2 is 2.11 bits per heavy atom. The van der Waals surface area contributed by atoms with Crippen LogP contribution < -0.4 is 19.5 Å². The predicted molar refractivity (Wildman–Crippen MR) is 132 cm³/mol. The molecule has 2 amide bonds. The predicted octanol–water partition coefficient (Wildman–Crippen LogP) is 2.10. The van der Waals surface area contributed by atoms with Gasteiger partial charge in [-0.25, -0.2) is 9.97 Å². The van der Waals surface area contributed by atoms with Crippen molar-refractivity contribution in [1.82, 2.24) is 25.2 Å². The number of aromatic amines is 1. The van der Waals surface area contributed by atoms with E-state index in [1.165, 1.54) is 26.1 Å². The van der Waals surface area contributed by atoms with Crippen LogP contribution in [0.5, 0.6) is 17.2 Å². The van der Waals surface area contributed by atoms with Gasteiger partial charge in [-0.15, -0.1) is 0 Å². The van der Waals surface area contributed by atoms with Gasteiger partial charge in [0.2, 0.25) is 6.79 Å². The maximum Gasteiger partial charge on any atom is 0.255 e. The molecule has 2 atom stereocenters. The summed E-state index contributed by atoms with van der Waals surface area (Å²) in [5, 5.41) is 12.5. The maximum absolute atomic E-state index is 13.1. The van der Waals surface area contributed by atoms with E-state index in [-0.39, 0.29) is 24.5 Å². The van der Waals surface area contributed by atoms with Gasteiger partial charge in [0.1, 0.15) is 29.4 Å². The summed E-state index contributed by atoms with van der Waals surface area (Å²) in [5.41, 5.74) is 2.73. The molecule has 0 bridgehead atoms. The van der Waals surface area contributed by atoms with Crippen LogP contribution in [0.2, 0.25) is 0 Å². The van der Waals surface area contributed by atoms with Crippen LogP contribution in [0.4, 0.5) is 0 Å². The largest absolute Gasteiger partial charge is 0.492 e. The smallest absolute Gasteiger partial charge is 0.255 e. The molecule has 194 valence electrons. The molecule has 2 fully saturated rings. The Balaban J connectivity index is 1.24. The Bertz CT molecular complexity index is 1350. The van der Waals surface area contributed by atoms with Crippen LogP contribution in [0.25, 0.3) is 22.3 Å². The molecule has 1 saturated carbocycles. The number of amides is 2. The zero-order valence-electron chi connectivity index (χ0n) is 20.5. The highest BCUT2D eigenvalue weighted by Gasteiger charge is 2.30. The minimum atomic E-state index is -1.02. The van der Waals surface area contributed by atoms with E-state index in [0.29, 0.717) is 77.3 Å². The minimum Gasteiger partial charge on any atom is -0.492 e. The van der Waals surface area contributed by atoms with Crippen LogP contribution in [0.3, 0.4) is 0 Å². The second kappa shape index (κ2) is 9.55. The summed E-state index contributed by atoms with van der Waals surface area (Å²) >= 11 is 0. The highest BCUT2D eigenvalue weighted by Crippen LogP contribution is 2.48. The quantitative estimate of drug-likeness (QED) is 0.421. The van der Waals surface area contributed by atoms with Gasteiger partial charge >= 0.3 is 0 Å². The molecule has 1 aliphatic carbocycles. The molecule has 1 aromatic carbocycles. The molecule has 2 aliphatic heterocycles. The fourth-order valence-electron chi connectivity index (χ4n) is 4.89. The van der Waals surface area contributed by atoms with Crippen LogP contribution >= 0.6 is 0 Å². The summed E-state index contributed by atoms with van der Waals surface area (Å²) in [4.78, 5) is 38.9. The standard InChI is InChI=1S/C26H29N5O6/c1-14(32)26(34)31-7-6-16(10-31)8-28-25(33)17-9-27-23-21(17)29-12-30-22(23)20-18(35-11-15-2-3-15)4-5-19-24(20)37-13-36-19/h4-5,9,12,14-16,27,32H,2-3,6-8,10-11,13H2,1H3,(H,28,33)/t14-,16?/m0/s1. The number of aliphatic hydroxyl groups excluding tert-OH is 1. The first-order chi connectivity index (χ1) is 18.0. The fraction of sp³-hybridized carbons (Fsp3) is 0.462. The number of hydrogen-bond donors (Lipinski definition) is 3. The van der Waals surface area contributed by atoms with Gasteiger partial charge in [0.15, 0.2) is 11.5 Å². The van der Waals surface area contributed by atoms with E-state index in [0.717, 1.165) is 6.42 Å². The number of nitrogens with one attached hydrogen (secondary N) is 2. The highest BCUT2D eigenvalue weighted by atomic mass is 16.7. The molecule has 3 aliphatic rings. The van der Waals surface area contributed by atoms with Gasteiger partial charge in [-0.05, 0) is 50.2 Å². The summed E-state index contributed by atoms with van der Waals surface area (Å²) in [5.74, 6) is 1.97. The first kappa shape index (κ1) is 23.5. The second-order valence-electron chi connectivity index (χ2n) is 9.90. The normalized spacial score (nSPS) is 19.3. The van der Waals surface area contributed by atoms with Crippen LogP contribution in [-0.4, -0.2) is 75.9 Å². The van der Waals surface area contributed by atoms with E-state index in [2.05, 4.69) is 20.3 Å². The third-order valence-electron chi connectivity index (χ3n) is 7.12. The molecule has 3 N–H and O–H groups in total. The molecule has 1 saturated heterocycles. The number of carbonyl (C=O) groups excluding carboxylic acids is 2. The molecule has 2 aromatic heterocycles. The number of aromatic nitrogens is 3. The topological polar surface area (TPSA) is 139 Å². The molecule has 0 spiro atoms. The lowest BCUT2D eigenvalue weighted by molar-refractivity contribution is -0.138. The number of H-pyrrole nitrogens is 1. The van der Waals surface area contributed by atoms with Gasteiger partial charge in [-0.1, -0.05) is 0 Å². The maximum atomic E-state index is 13.1. The van der Waals surface area contributed by atoms with Crippen molar-refractivity contribution in [3.05, 3.63) is 30.2 Å². The van der Waals surface area contributed by atoms with Crippen molar-refractivity contribution in [2.24, 2.45) is 11.8 Å². The summed E-state index contributed by atoms with van der Waals surface area (Å²) < 4.78 is 17.5. The first-order valence-electron chi connectivity index (χ1n) is 12.6. The number of carbonyl (C=O) groups is 2. The van der Waals surface area contributed by atoms with E-state index in [1.807, 2.05) is 12.1 Å². The summed E-state index contributed by atoms with van der Waals surface area (Å²) in [6.45, 7) is 3.71. The molecule has 1 unspecified atom stereocenters. The number of rotatable bonds is 8. The summed E-state index contributed by atoms with van der Waals surface area (Å²) in [6.07, 6.45) is 5.14. The second-order valence-corrected chi connectivity index (χ2v) is 9.90. The van der Waals surface area contributed by atoms with Crippen molar-refractivity contribution in [3.8, 4) is 28.5 Å². The van der Waals surface area contributed by atoms with Gasteiger partial charge < -0.3 is 34.5 Å². The lowest BCUT2D eigenvalue weighted by atomic mass is 10.1. The van der Waals surface area contributed by atoms with Crippen molar-refractivity contribution in [3.63, 3.8) is 0 Å². The molecular formula is C26H29N5O6. The molecular weight excluding hydrogens is 478 g/mol. The van der Waals surface area contributed by atoms with Crippen LogP contribution in [-0.2, 0) is 4.79 Å². The van der Waals surface area contributed by atoms with E-state index < -0.39 is 6.10 Å². The monoisotopic (exact) mass is 507 g/mol. The third-order valence-corrected chi connectivity index (χ3v) is 7.12. The van der Waals surface area contributed by atoms with Gasteiger partial charge in [0.05, 0.1) is 23.3 Å².